The number of fused-ring (bicyclic) bond motifs is 3. The van der Waals surface area contributed by atoms with Gasteiger partial charge in [0.25, 0.3) is 5.56 Å². The molecule has 1 spiro atoms. The number of likely N-dealkylation sites (tertiary alicyclic amines) is 1. The second-order valence-corrected chi connectivity index (χ2v) is 8.40. The van der Waals surface area contributed by atoms with Crippen molar-refractivity contribution in [2.24, 2.45) is 7.05 Å². The summed E-state index contributed by atoms with van der Waals surface area (Å²) in [5.41, 5.74) is 4.44. The summed E-state index contributed by atoms with van der Waals surface area (Å²) in [7, 11) is 1.85. The summed E-state index contributed by atoms with van der Waals surface area (Å²) in [4.78, 5) is 15.2. The maximum Gasteiger partial charge on any atom is 0.255 e. The van der Waals surface area contributed by atoms with Crippen molar-refractivity contribution < 1.29 is 5.11 Å². The van der Waals surface area contributed by atoms with Crippen molar-refractivity contribution in [2.75, 3.05) is 13.1 Å². The van der Waals surface area contributed by atoms with Gasteiger partial charge in [-0.1, -0.05) is 42.5 Å². The van der Waals surface area contributed by atoms with Gasteiger partial charge in [0.05, 0.1) is 11.6 Å². The van der Waals surface area contributed by atoms with E-state index in [1.165, 1.54) is 11.1 Å². The van der Waals surface area contributed by atoms with Crippen LogP contribution in [0.25, 0.3) is 10.9 Å². The Labute approximate surface area is 165 Å². The molecular formula is C24H26N2O2. The third kappa shape index (κ3) is 2.63. The molecule has 1 aromatic heterocycles. The maximum atomic E-state index is 12.8. The lowest BCUT2D eigenvalue weighted by Gasteiger charge is -2.42. The zero-order valence-electron chi connectivity index (χ0n) is 16.3. The third-order valence-electron chi connectivity index (χ3n) is 6.95. The molecule has 1 N–H and O–H groups in total. The number of para-hydroxylation sites is 1. The van der Waals surface area contributed by atoms with Crippen LogP contribution in [-0.4, -0.2) is 33.8 Å². The van der Waals surface area contributed by atoms with Crippen LogP contribution in [0.5, 0.6) is 0 Å². The molecule has 2 aliphatic rings. The molecule has 5 rings (SSSR count). The molecule has 3 aromatic rings. The van der Waals surface area contributed by atoms with Crippen molar-refractivity contribution in [3.63, 3.8) is 0 Å². The van der Waals surface area contributed by atoms with Crippen LogP contribution in [0.4, 0.5) is 0 Å². The molecule has 0 unspecified atom stereocenters. The van der Waals surface area contributed by atoms with E-state index in [2.05, 4.69) is 35.2 Å². The summed E-state index contributed by atoms with van der Waals surface area (Å²) in [6, 6.07) is 18.6. The molecule has 4 heteroatoms. The van der Waals surface area contributed by atoms with E-state index >= 15 is 0 Å². The molecule has 1 aliphatic carbocycles. The lowest BCUT2D eigenvalue weighted by molar-refractivity contribution is 0.0412. The van der Waals surface area contributed by atoms with Crippen LogP contribution < -0.4 is 5.56 Å². The van der Waals surface area contributed by atoms with Crippen molar-refractivity contribution >= 4 is 10.9 Å². The minimum atomic E-state index is -0.291. The number of hydrogen-bond acceptors (Lipinski definition) is 3. The van der Waals surface area contributed by atoms with E-state index in [1.807, 2.05) is 31.3 Å². The Morgan fingerprint density at radius 2 is 1.79 bits per heavy atom. The van der Waals surface area contributed by atoms with Gasteiger partial charge in [-0.2, -0.15) is 0 Å². The van der Waals surface area contributed by atoms with E-state index in [-0.39, 0.29) is 17.1 Å². The largest absolute Gasteiger partial charge is 0.392 e. The zero-order chi connectivity index (χ0) is 19.3. The lowest BCUT2D eigenvalue weighted by atomic mass is 9.72. The first-order valence-electron chi connectivity index (χ1n) is 10.1. The van der Waals surface area contributed by atoms with Crippen LogP contribution in [0.1, 0.15) is 29.5 Å². The Balaban J connectivity index is 1.38. The molecule has 4 nitrogen and oxygen atoms in total. The fourth-order valence-corrected chi connectivity index (χ4v) is 5.32. The van der Waals surface area contributed by atoms with Crippen LogP contribution in [0.2, 0.25) is 0 Å². The summed E-state index contributed by atoms with van der Waals surface area (Å²) in [5, 5.41) is 11.9. The topological polar surface area (TPSA) is 45.5 Å². The SMILES string of the molecule is Cn1c(=O)c(CN2CCC3(CC2)c2ccccc2C[C@H]3O)cc2ccccc21. The Hall–Kier alpha value is -2.43. The number of aliphatic hydroxyl groups is 1. The van der Waals surface area contributed by atoms with E-state index in [1.54, 1.807) is 4.57 Å². The van der Waals surface area contributed by atoms with E-state index < -0.39 is 0 Å². The van der Waals surface area contributed by atoms with Gasteiger partial charge in [0.15, 0.2) is 0 Å². The van der Waals surface area contributed by atoms with Crippen molar-refractivity contribution in [3.8, 4) is 0 Å². The zero-order valence-corrected chi connectivity index (χ0v) is 16.3. The number of pyridine rings is 1. The highest BCUT2D eigenvalue weighted by Gasteiger charge is 2.47. The monoisotopic (exact) mass is 374 g/mol. The Kier molecular flexibility index (Phi) is 4.14. The molecule has 2 aromatic carbocycles. The molecule has 1 fully saturated rings. The number of aliphatic hydroxyl groups excluding tert-OH is 1. The average Bonchev–Trinajstić information content (AvgIpc) is 2.99. The van der Waals surface area contributed by atoms with E-state index in [9.17, 15) is 9.90 Å². The Bertz CT molecular complexity index is 1090. The summed E-state index contributed by atoms with van der Waals surface area (Å²) < 4.78 is 1.76. The van der Waals surface area contributed by atoms with Crippen molar-refractivity contribution in [3.05, 3.63) is 81.6 Å². The van der Waals surface area contributed by atoms with Crippen LogP contribution in [-0.2, 0) is 25.4 Å². The summed E-state index contributed by atoms with van der Waals surface area (Å²) in [6.45, 7) is 2.48. The second-order valence-electron chi connectivity index (χ2n) is 8.40. The predicted molar refractivity (Wildman–Crippen MR) is 112 cm³/mol. The molecule has 1 aliphatic heterocycles. The molecule has 0 bridgehead atoms. The number of aromatic nitrogens is 1. The predicted octanol–water partition coefficient (Wildman–Crippen LogP) is 2.99. The molecular weight excluding hydrogens is 348 g/mol. The van der Waals surface area contributed by atoms with Crippen molar-refractivity contribution in [1.82, 2.24) is 9.47 Å². The van der Waals surface area contributed by atoms with Crippen LogP contribution in [0, 0.1) is 0 Å². The van der Waals surface area contributed by atoms with Gasteiger partial charge in [-0.05, 0) is 61.0 Å². The molecule has 0 saturated carbocycles. The van der Waals surface area contributed by atoms with Crippen LogP contribution in [0.3, 0.4) is 0 Å². The maximum absolute atomic E-state index is 12.8. The number of rotatable bonds is 2. The quantitative estimate of drug-likeness (QED) is 0.750. The van der Waals surface area contributed by atoms with Gasteiger partial charge < -0.3 is 9.67 Å². The smallest absolute Gasteiger partial charge is 0.255 e. The molecule has 144 valence electrons. The first-order chi connectivity index (χ1) is 13.6. The highest BCUT2D eigenvalue weighted by atomic mass is 16.3. The van der Waals surface area contributed by atoms with Gasteiger partial charge in [-0.15, -0.1) is 0 Å². The summed E-state index contributed by atoms with van der Waals surface area (Å²) in [5.74, 6) is 0. The fraction of sp³-hybridized carbons (Fsp3) is 0.375. The van der Waals surface area contributed by atoms with E-state index in [0.717, 1.165) is 48.8 Å². The number of aryl methyl sites for hydroxylation is 1. The van der Waals surface area contributed by atoms with Gasteiger partial charge in [0.2, 0.25) is 0 Å². The number of nitrogens with zero attached hydrogens (tertiary/aromatic N) is 2. The molecule has 2 heterocycles. The van der Waals surface area contributed by atoms with Crippen LogP contribution in [0.15, 0.2) is 59.4 Å². The normalized spacial score (nSPS) is 21.3. The molecule has 28 heavy (non-hydrogen) atoms. The molecule has 0 radical (unpaired) electrons. The fourth-order valence-electron chi connectivity index (χ4n) is 5.32. The van der Waals surface area contributed by atoms with Gasteiger partial charge in [0, 0.05) is 24.6 Å². The molecule has 1 atom stereocenters. The number of hydrogen-bond donors (Lipinski definition) is 1. The number of piperidine rings is 1. The Morgan fingerprint density at radius 3 is 2.61 bits per heavy atom. The summed E-state index contributed by atoms with van der Waals surface area (Å²) in [6.07, 6.45) is 2.36. The van der Waals surface area contributed by atoms with Crippen molar-refractivity contribution in [2.45, 2.75) is 37.3 Å². The summed E-state index contributed by atoms with van der Waals surface area (Å²) >= 11 is 0. The molecule has 0 amide bonds. The number of benzene rings is 2. The second kappa shape index (κ2) is 6.57. The third-order valence-corrected chi connectivity index (χ3v) is 6.95. The van der Waals surface area contributed by atoms with E-state index in [0.29, 0.717) is 6.54 Å². The van der Waals surface area contributed by atoms with Gasteiger partial charge in [-0.3, -0.25) is 9.69 Å². The Morgan fingerprint density at radius 1 is 1.07 bits per heavy atom. The minimum absolute atomic E-state index is 0.0882. The van der Waals surface area contributed by atoms with Crippen LogP contribution >= 0.6 is 0 Å². The first kappa shape index (κ1) is 17.7. The van der Waals surface area contributed by atoms with E-state index in [4.69, 9.17) is 0 Å². The molecule has 1 saturated heterocycles. The average molecular weight is 374 g/mol. The van der Waals surface area contributed by atoms with Gasteiger partial charge >= 0.3 is 0 Å². The standard InChI is InChI=1S/C24H26N2O2/c1-25-21-9-5-3-7-18(21)14-19(23(25)28)16-26-12-10-24(11-13-26)20-8-4-2-6-17(20)15-22(24)27/h2-9,14,22,27H,10-13,15-16H2,1H3/t22-/m1/s1. The lowest BCUT2D eigenvalue weighted by Crippen LogP contribution is -2.47. The highest BCUT2D eigenvalue weighted by Crippen LogP contribution is 2.46. The van der Waals surface area contributed by atoms with Crippen molar-refractivity contribution in [1.29, 1.82) is 0 Å². The first-order valence-corrected chi connectivity index (χ1v) is 10.1. The minimum Gasteiger partial charge on any atom is -0.392 e. The van der Waals surface area contributed by atoms with Gasteiger partial charge in [-0.25, -0.2) is 0 Å². The van der Waals surface area contributed by atoms with Gasteiger partial charge in [0.1, 0.15) is 0 Å². The highest BCUT2D eigenvalue weighted by molar-refractivity contribution is 5.79.